The van der Waals surface area contributed by atoms with E-state index >= 15 is 0 Å². The lowest BCUT2D eigenvalue weighted by atomic mass is 11.3. The molecule has 2 unspecified atom stereocenters. The van der Waals surface area contributed by atoms with Crippen LogP contribution < -0.4 is 5.32 Å². The number of nitrogens with one attached hydrogen (secondary N) is 1. The molecule has 0 aromatic carbocycles. The van der Waals surface area contributed by atoms with Crippen molar-refractivity contribution in [2.75, 3.05) is 32.6 Å². The molecule has 0 aliphatic rings. The molecule has 0 fully saturated rings. The number of hydrogen-bond acceptors (Lipinski definition) is 1. The Bertz CT molecular complexity index is 43.7. The first kappa shape index (κ1) is 8.82. The van der Waals surface area contributed by atoms with E-state index in [0.29, 0.717) is 7.92 Å². The van der Waals surface area contributed by atoms with E-state index in [4.69, 9.17) is 0 Å². The number of hydrogen-bond donors (Lipinski definition) is 1. The van der Waals surface area contributed by atoms with E-state index < -0.39 is 0 Å². The van der Waals surface area contributed by atoms with Crippen molar-refractivity contribution < 1.29 is 0 Å². The van der Waals surface area contributed by atoms with Crippen LogP contribution in [0.5, 0.6) is 0 Å². The molecule has 0 bridgehead atoms. The Morgan fingerprint density at radius 1 is 1.62 bits per heavy atom. The average molecular weight is 151 g/mol. The highest BCUT2D eigenvalue weighted by Gasteiger charge is 1.94. The smallest absolute Gasteiger partial charge is 0.0153 e. The van der Waals surface area contributed by atoms with Gasteiger partial charge in [-0.1, -0.05) is 7.92 Å². The van der Waals surface area contributed by atoms with Crippen molar-refractivity contribution in [2.45, 2.75) is 0 Å². The van der Waals surface area contributed by atoms with Crippen LogP contribution in [-0.4, -0.2) is 32.6 Å². The highest BCUT2D eigenvalue weighted by atomic mass is 31.2. The fourth-order valence-electron chi connectivity index (χ4n) is 0.596. The van der Waals surface area contributed by atoms with Crippen LogP contribution in [0.15, 0.2) is 0 Å². The molecule has 0 radical (unpaired) electrons. The third-order valence-electron chi connectivity index (χ3n) is 0.856. The van der Waals surface area contributed by atoms with Crippen molar-refractivity contribution >= 4 is 16.5 Å². The monoisotopic (exact) mass is 151 g/mol. The van der Waals surface area contributed by atoms with Crippen molar-refractivity contribution in [2.24, 2.45) is 0 Å². The second-order valence-electron chi connectivity index (χ2n) is 1.88. The second-order valence-corrected chi connectivity index (χ2v) is 5.88. The molecule has 2 atom stereocenters. The largest absolute Gasteiger partial charge is 0.316 e. The molecule has 3 heteroatoms. The van der Waals surface area contributed by atoms with Gasteiger partial charge in [0.25, 0.3) is 0 Å². The summed E-state index contributed by atoms with van der Waals surface area (Å²) in [5.74, 6) is 1.44. The Kier molecular flexibility index (Phi) is 6.56. The van der Waals surface area contributed by atoms with E-state index in [1.165, 1.54) is 12.2 Å². The summed E-state index contributed by atoms with van der Waals surface area (Å²) in [4.78, 5) is 0. The van der Waals surface area contributed by atoms with Gasteiger partial charge >= 0.3 is 0 Å². The van der Waals surface area contributed by atoms with E-state index in [0.717, 1.165) is 8.58 Å². The van der Waals surface area contributed by atoms with Gasteiger partial charge in [-0.3, -0.25) is 0 Å². The van der Waals surface area contributed by atoms with Crippen LogP contribution in [0.3, 0.4) is 0 Å². The normalized spacial score (nSPS) is 15.4. The van der Waals surface area contributed by atoms with Crippen LogP contribution in [0.2, 0.25) is 0 Å². The van der Waals surface area contributed by atoms with Gasteiger partial charge in [0.1, 0.15) is 0 Å². The van der Waals surface area contributed by atoms with Crippen molar-refractivity contribution in [3.8, 4) is 0 Å². The van der Waals surface area contributed by atoms with Crippen LogP contribution in [0, 0.1) is 0 Å². The highest BCUT2D eigenvalue weighted by molar-refractivity contribution is 7.66. The zero-order valence-corrected chi connectivity index (χ0v) is 7.76. The minimum absolute atomic E-state index is 0.320. The zero-order chi connectivity index (χ0) is 6.41. The van der Waals surface area contributed by atoms with Crippen molar-refractivity contribution in [1.82, 2.24) is 5.32 Å². The van der Waals surface area contributed by atoms with Gasteiger partial charge in [0, 0.05) is 6.29 Å². The van der Waals surface area contributed by atoms with Gasteiger partial charge in [0.15, 0.2) is 0 Å². The van der Waals surface area contributed by atoms with Gasteiger partial charge in [0.2, 0.25) is 0 Å². The van der Waals surface area contributed by atoms with Gasteiger partial charge in [0.05, 0.1) is 0 Å². The average Bonchev–Trinajstić information content (AvgIpc) is 1.68. The maximum Gasteiger partial charge on any atom is 0.0153 e. The molecule has 0 saturated carbocycles. The Hall–Kier alpha value is 0.820. The van der Waals surface area contributed by atoms with Gasteiger partial charge in [-0.05, 0) is 26.3 Å². The molecule has 0 aliphatic heterocycles. The van der Waals surface area contributed by atoms with Crippen molar-refractivity contribution in [3.63, 3.8) is 0 Å². The molecular formula is C5H15NP2. The first-order chi connectivity index (χ1) is 3.81. The fraction of sp³-hybridized carbons (Fsp3) is 1.00. The molecule has 1 nitrogen and oxygen atoms in total. The summed E-state index contributed by atoms with van der Waals surface area (Å²) >= 11 is 0. The zero-order valence-electron chi connectivity index (χ0n) is 5.86. The molecule has 0 amide bonds. The first-order valence-corrected chi connectivity index (χ1v) is 6.65. The van der Waals surface area contributed by atoms with Gasteiger partial charge in [-0.15, -0.1) is 8.58 Å². The highest BCUT2D eigenvalue weighted by Crippen LogP contribution is 2.34. The van der Waals surface area contributed by atoms with E-state index in [1.807, 2.05) is 7.05 Å². The van der Waals surface area contributed by atoms with Crippen LogP contribution in [0.25, 0.3) is 0 Å². The van der Waals surface area contributed by atoms with E-state index in [2.05, 4.69) is 18.6 Å². The predicted molar refractivity (Wildman–Crippen MR) is 45.9 cm³/mol. The molecule has 0 rings (SSSR count). The van der Waals surface area contributed by atoms with E-state index in [-0.39, 0.29) is 0 Å². The van der Waals surface area contributed by atoms with Crippen LogP contribution in [0.4, 0.5) is 0 Å². The van der Waals surface area contributed by atoms with Crippen molar-refractivity contribution in [3.05, 3.63) is 0 Å². The standard InChI is InChI=1S/C5H15NP2/c1-6-4-8(3)5-7-2/h6-7H,4-5H2,1-3H3. The molecule has 0 spiro atoms. The lowest BCUT2D eigenvalue weighted by Crippen LogP contribution is -2.05. The van der Waals surface area contributed by atoms with Crippen LogP contribution in [0.1, 0.15) is 0 Å². The molecule has 0 heterocycles. The molecule has 0 saturated heterocycles. The van der Waals surface area contributed by atoms with Gasteiger partial charge in [-0.25, -0.2) is 0 Å². The summed E-state index contributed by atoms with van der Waals surface area (Å²) in [6.45, 7) is 4.62. The minimum atomic E-state index is 0.320. The Balaban J connectivity index is 2.92. The summed E-state index contributed by atoms with van der Waals surface area (Å²) in [6, 6.07) is 0. The topological polar surface area (TPSA) is 12.0 Å². The lowest BCUT2D eigenvalue weighted by Gasteiger charge is -2.07. The van der Waals surface area contributed by atoms with E-state index in [9.17, 15) is 0 Å². The summed E-state index contributed by atoms with van der Waals surface area (Å²) in [6.07, 6.45) is 1.23. The Labute approximate surface area is 55.2 Å². The van der Waals surface area contributed by atoms with Crippen LogP contribution in [-0.2, 0) is 0 Å². The Morgan fingerprint density at radius 3 is 2.62 bits per heavy atom. The molecule has 8 heavy (non-hydrogen) atoms. The van der Waals surface area contributed by atoms with Gasteiger partial charge < -0.3 is 5.32 Å². The fourth-order valence-corrected chi connectivity index (χ4v) is 3.74. The summed E-state index contributed by atoms with van der Waals surface area (Å²) < 4.78 is 0. The van der Waals surface area contributed by atoms with Crippen LogP contribution >= 0.6 is 16.5 Å². The summed E-state index contributed by atoms with van der Waals surface area (Å²) in [7, 11) is 3.48. The maximum absolute atomic E-state index is 3.19. The number of rotatable bonds is 4. The molecule has 0 aromatic heterocycles. The molecule has 1 N–H and O–H groups in total. The first-order valence-electron chi connectivity index (χ1n) is 2.79. The molecule has 0 aliphatic carbocycles. The second kappa shape index (κ2) is 5.95. The summed E-state index contributed by atoms with van der Waals surface area (Å²) in [5, 5.41) is 3.19. The quantitative estimate of drug-likeness (QED) is 0.601. The third-order valence-corrected chi connectivity index (χ3v) is 5.14. The molecule has 50 valence electrons. The Morgan fingerprint density at radius 2 is 2.25 bits per heavy atom. The van der Waals surface area contributed by atoms with Crippen molar-refractivity contribution in [1.29, 1.82) is 0 Å². The van der Waals surface area contributed by atoms with Gasteiger partial charge in [-0.2, -0.15) is 0 Å². The third kappa shape index (κ3) is 4.97. The predicted octanol–water partition coefficient (Wildman–Crippen LogP) is 1.54. The minimum Gasteiger partial charge on any atom is -0.316 e. The summed E-state index contributed by atoms with van der Waals surface area (Å²) in [5.41, 5.74) is 0. The van der Waals surface area contributed by atoms with E-state index in [1.54, 1.807) is 0 Å². The molecular weight excluding hydrogens is 136 g/mol. The molecule has 0 aromatic rings. The lowest BCUT2D eigenvalue weighted by molar-refractivity contribution is 0.974. The maximum atomic E-state index is 3.19. The SMILES string of the molecule is CNCP(C)CPC.